The van der Waals surface area contributed by atoms with Gasteiger partial charge in [0, 0.05) is 34.4 Å². The maximum absolute atomic E-state index is 14.8. The van der Waals surface area contributed by atoms with Gasteiger partial charge in [-0.05, 0) is 124 Å². The van der Waals surface area contributed by atoms with Gasteiger partial charge in [-0.1, -0.05) is 24.3 Å². The number of nitrogens with zero attached hydrogens (tertiary/aromatic N) is 1. The number of hydrogen-bond acceptors (Lipinski definition) is 9. The first-order valence-corrected chi connectivity index (χ1v) is 20.7. The molecule has 0 aromatic heterocycles. The summed E-state index contributed by atoms with van der Waals surface area (Å²) in [6.45, 7) is 4.34. The number of fused-ring (bicyclic) bond motifs is 2. The van der Waals surface area contributed by atoms with Gasteiger partial charge in [-0.15, -0.1) is 0 Å². The number of benzene rings is 5. The van der Waals surface area contributed by atoms with Crippen LogP contribution in [0.5, 0.6) is 28.7 Å². The standard InChI is InChI=1S/C28H23F2NO4.C21H20F2O4/c1-2-33-28(32)22-13-21(22)17-5-9-18(10-6-17)34-25-12-11-20-26(25)23(29)14-24(30)27(20)35-19-7-3-16(15-31)4-8-19;1-2-26-21(25)15-9-14(15)11-3-5-12(6-4-11)27-18-8-7-13-19(18)16(22)10-17(23)20(13)24/h3-10,14,21-22,25H,2,11-13H2,1H3;3-6,10,14-15,18,24H,2,7-9H2,1H3/t21-,22+,25-;14-,15+,18-/m11/s1. The van der Waals surface area contributed by atoms with Crippen molar-refractivity contribution in [3.05, 3.63) is 147 Å². The van der Waals surface area contributed by atoms with E-state index in [4.69, 9.17) is 28.9 Å². The number of esters is 2. The minimum atomic E-state index is -0.947. The summed E-state index contributed by atoms with van der Waals surface area (Å²) < 4.78 is 85.0. The highest BCUT2D eigenvalue weighted by atomic mass is 19.1. The molecule has 0 bridgehead atoms. The third-order valence-electron chi connectivity index (χ3n) is 11.8. The molecule has 6 atom stereocenters. The summed E-state index contributed by atoms with van der Waals surface area (Å²) in [6, 6.07) is 24.6. The van der Waals surface area contributed by atoms with Gasteiger partial charge in [0.25, 0.3) is 0 Å². The SMILES string of the molecule is CCOC(=O)[C@H]1C[C@@H]1c1ccc(O[C@@H]2CCc3c(O)c(F)cc(F)c32)cc1.CCOC(=O)[C@H]1C[C@@H]1c1ccc(O[C@@H]2CCc3c(Oc4ccc(C#N)cc4)c(F)cc(F)c32)cc1. The first-order valence-electron chi connectivity index (χ1n) is 20.7. The highest BCUT2D eigenvalue weighted by molar-refractivity contribution is 5.78. The van der Waals surface area contributed by atoms with Crippen molar-refractivity contribution in [2.75, 3.05) is 13.2 Å². The highest BCUT2D eigenvalue weighted by Crippen LogP contribution is 2.50. The quantitative estimate of drug-likeness (QED) is 0.0965. The van der Waals surface area contributed by atoms with Gasteiger partial charge in [-0.3, -0.25) is 9.59 Å². The van der Waals surface area contributed by atoms with E-state index in [0.717, 1.165) is 30.0 Å². The fourth-order valence-corrected chi connectivity index (χ4v) is 8.50. The molecule has 0 amide bonds. The van der Waals surface area contributed by atoms with Crippen molar-refractivity contribution in [3.8, 4) is 34.8 Å². The van der Waals surface area contributed by atoms with Crippen LogP contribution in [0.25, 0.3) is 0 Å². The van der Waals surface area contributed by atoms with Crippen LogP contribution in [0.2, 0.25) is 0 Å². The monoisotopic (exact) mass is 849 g/mol. The van der Waals surface area contributed by atoms with E-state index >= 15 is 0 Å². The molecule has 2 saturated carbocycles. The normalized spacial score (nSPS) is 21.3. The van der Waals surface area contributed by atoms with Gasteiger partial charge < -0.3 is 28.8 Å². The fraction of sp³-hybridized carbons (Fsp3) is 0.327. The molecule has 1 N–H and O–H groups in total. The molecule has 4 aliphatic carbocycles. The van der Waals surface area contributed by atoms with Crippen molar-refractivity contribution < 1.29 is 55.9 Å². The lowest BCUT2D eigenvalue weighted by Crippen LogP contribution is -2.08. The van der Waals surface area contributed by atoms with Crippen molar-refractivity contribution in [2.45, 2.75) is 76.4 Å². The van der Waals surface area contributed by atoms with Crippen molar-refractivity contribution in [3.63, 3.8) is 0 Å². The first kappa shape index (κ1) is 42.2. The molecule has 5 aromatic carbocycles. The average Bonchev–Trinajstić information content (AvgIpc) is 4.17. The van der Waals surface area contributed by atoms with Gasteiger partial charge in [0.05, 0.1) is 36.7 Å². The summed E-state index contributed by atoms with van der Waals surface area (Å²) in [5.74, 6) is -2.30. The number of phenols is 1. The van der Waals surface area contributed by atoms with Crippen LogP contribution in [0.15, 0.2) is 84.9 Å². The van der Waals surface area contributed by atoms with Crippen molar-refractivity contribution in [2.24, 2.45) is 11.8 Å². The summed E-state index contributed by atoms with van der Waals surface area (Å²) in [5.41, 5.74) is 3.78. The van der Waals surface area contributed by atoms with Crippen LogP contribution in [-0.2, 0) is 31.9 Å². The Kier molecular flexibility index (Phi) is 12.1. The maximum Gasteiger partial charge on any atom is 0.309 e. The second kappa shape index (κ2) is 17.8. The van der Waals surface area contributed by atoms with E-state index in [1.165, 1.54) is 0 Å². The zero-order chi connectivity index (χ0) is 43.7. The molecule has 9 rings (SSSR count). The maximum atomic E-state index is 14.8. The lowest BCUT2D eigenvalue weighted by atomic mass is 10.1. The Morgan fingerprint density at radius 3 is 1.58 bits per heavy atom. The second-order valence-corrected chi connectivity index (χ2v) is 15.7. The van der Waals surface area contributed by atoms with Crippen LogP contribution in [0.1, 0.15) is 103 Å². The molecule has 320 valence electrons. The Bertz CT molecular complexity index is 2520. The molecule has 13 heteroatoms. The van der Waals surface area contributed by atoms with Gasteiger partial charge in [0.1, 0.15) is 41.1 Å². The Labute approximate surface area is 355 Å². The van der Waals surface area contributed by atoms with Gasteiger partial charge >= 0.3 is 11.9 Å². The molecule has 0 saturated heterocycles. The lowest BCUT2D eigenvalue weighted by Gasteiger charge is -2.17. The number of carbonyl (C=O) groups excluding carboxylic acids is 2. The summed E-state index contributed by atoms with van der Waals surface area (Å²) in [6.07, 6.45) is 2.13. The van der Waals surface area contributed by atoms with E-state index in [1.807, 2.05) is 42.5 Å². The Balaban J connectivity index is 0.000000176. The number of nitriles is 1. The second-order valence-electron chi connectivity index (χ2n) is 15.7. The summed E-state index contributed by atoms with van der Waals surface area (Å²) in [5, 5.41) is 18.7. The molecular weight excluding hydrogens is 807 g/mol. The number of ether oxygens (including phenoxy) is 5. The number of phenolic OH excluding ortho intramolecular Hbond substituents is 1. The molecule has 0 spiro atoms. The number of rotatable bonds is 12. The summed E-state index contributed by atoms with van der Waals surface area (Å²) in [4.78, 5) is 23.7. The van der Waals surface area contributed by atoms with E-state index in [0.29, 0.717) is 78.9 Å². The Morgan fingerprint density at radius 2 is 1.10 bits per heavy atom. The molecule has 9 nitrogen and oxygen atoms in total. The predicted octanol–water partition coefficient (Wildman–Crippen LogP) is 10.8. The number of aromatic hydroxyl groups is 1. The number of hydrogen-bond donors (Lipinski definition) is 1. The van der Waals surface area contributed by atoms with Gasteiger partial charge in [-0.25, -0.2) is 17.6 Å². The Hall–Kier alpha value is -6.55. The third-order valence-corrected chi connectivity index (χ3v) is 11.8. The Morgan fingerprint density at radius 1 is 0.645 bits per heavy atom. The predicted molar refractivity (Wildman–Crippen MR) is 217 cm³/mol. The van der Waals surface area contributed by atoms with Crippen molar-refractivity contribution in [1.82, 2.24) is 0 Å². The largest absolute Gasteiger partial charge is 0.505 e. The molecule has 2 fully saturated rings. The smallest absolute Gasteiger partial charge is 0.309 e. The molecule has 0 heterocycles. The van der Waals surface area contributed by atoms with E-state index < -0.39 is 41.2 Å². The topological polar surface area (TPSA) is 124 Å². The van der Waals surface area contributed by atoms with E-state index in [2.05, 4.69) is 0 Å². The minimum Gasteiger partial charge on any atom is -0.505 e. The van der Waals surface area contributed by atoms with E-state index in [1.54, 1.807) is 50.2 Å². The van der Waals surface area contributed by atoms with E-state index in [9.17, 15) is 32.3 Å². The molecule has 62 heavy (non-hydrogen) atoms. The highest BCUT2D eigenvalue weighted by Gasteiger charge is 2.46. The van der Waals surface area contributed by atoms with Crippen LogP contribution in [0.4, 0.5) is 17.6 Å². The van der Waals surface area contributed by atoms with Crippen LogP contribution < -0.4 is 14.2 Å². The lowest BCUT2D eigenvalue weighted by molar-refractivity contribution is -0.145. The third kappa shape index (κ3) is 8.77. The average molecular weight is 850 g/mol. The van der Waals surface area contributed by atoms with Crippen molar-refractivity contribution in [1.29, 1.82) is 5.26 Å². The van der Waals surface area contributed by atoms with Crippen LogP contribution in [0, 0.1) is 46.4 Å². The van der Waals surface area contributed by atoms with Crippen LogP contribution >= 0.6 is 0 Å². The number of halogens is 4. The first-order chi connectivity index (χ1) is 30.0. The van der Waals surface area contributed by atoms with Crippen LogP contribution in [0.3, 0.4) is 0 Å². The van der Waals surface area contributed by atoms with Gasteiger partial charge in [0.15, 0.2) is 23.1 Å². The van der Waals surface area contributed by atoms with Crippen molar-refractivity contribution >= 4 is 11.9 Å². The minimum absolute atomic E-state index is 0.0219. The van der Waals surface area contributed by atoms with E-state index in [-0.39, 0.29) is 52.5 Å². The molecular formula is C49H43F4NO8. The molecule has 5 aromatic rings. The molecule has 0 unspecified atom stereocenters. The zero-order valence-corrected chi connectivity index (χ0v) is 34.0. The molecule has 0 aliphatic heterocycles. The fourth-order valence-electron chi connectivity index (χ4n) is 8.50. The summed E-state index contributed by atoms with van der Waals surface area (Å²) in [7, 11) is 0. The van der Waals surface area contributed by atoms with Gasteiger partial charge in [-0.2, -0.15) is 5.26 Å². The van der Waals surface area contributed by atoms with Crippen LogP contribution in [-0.4, -0.2) is 30.3 Å². The molecule has 0 radical (unpaired) electrons. The van der Waals surface area contributed by atoms with Gasteiger partial charge in [0.2, 0.25) is 0 Å². The zero-order valence-electron chi connectivity index (χ0n) is 34.0. The molecule has 4 aliphatic rings. The number of carbonyl (C=O) groups is 2. The summed E-state index contributed by atoms with van der Waals surface area (Å²) >= 11 is 0.